The average molecular weight is 477 g/mol. The first-order valence-corrected chi connectivity index (χ1v) is 12.2. The Morgan fingerprint density at radius 1 is 1.12 bits per heavy atom. The Balaban J connectivity index is 1.53. The van der Waals surface area contributed by atoms with Crippen LogP contribution in [0.5, 0.6) is 5.75 Å². The van der Waals surface area contributed by atoms with Gasteiger partial charge in [-0.2, -0.15) is 5.09 Å². The number of rotatable bonds is 11. The number of benzene rings is 2. The van der Waals surface area contributed by atoms with E-state index in [1.165, 1.54) is 0 Å². The van der Waals surface area contributed by atoms with Gasteiger partial charge in [-0.25, -0.2) is 9.36 Å². The average Bonchev–Trinajstić information content (AvgIpc) is 3.21. The van der Waals surface area contributed by atoms with E-state index in [0.717, 1.165) is 5.56 Å². The number of carbonyl (C=O) groups excluding carboxylic acids is 2. The van der Waals surface area contributed by atoms with Crippen LogP contribution in [0.25, 0.3) is 0 Å². The lowest BCUT2D eigenvalue weighted by atomic mass is 10.1. The Hall–Kier alpha value is -2.87. The predicted octanol–water partition coefficient (Wildman–Crippen LogP) is 4.47. The quantitative estimate of drug-likeness (QED) is 0.370. The van der Waals surface area contributed by atoms with Gasteiger partial charge in [0.1, 0.15) is 24.5 Å². The predicted molar refractivity (Wildman–Crippen MR) is 119 cm³/mol. The van der Waals surface area contributed by atoms with Crippen molar-refractivity contribution in [3.8, 4) is 5.75 Å². The van der Waals surface area contributed by atoms with E-state index >= 15 is 0 Å². The van der Waals surface area contributed by atoms with Crippen LogP contribution in [0.15, 0.2) is 60.7 Å². The molecule has 1 N–H and O–H groups in total. The third-order valence-corrected chi connectivity index (χ3v) is 6.58. The van der Waals surface area contributed by atoms with Crippen LogP contribution in [0.4, 0.5) is 4.79 Å². The van der Waals surface area contributed by atoms with E-state index in [2.05, 4.69) is 5.09 Å². The highest BCUT2D eigenvalue weighted by Gasteiger charge is 2.37. The molecule has 0 aromatic heterocycles. The molecule has 0 aliphatic carbocycles. The van der Waals surface area contributed by atoms with Gasteiger partial charge in [0, 0.05) is 12.3 Å². The highest BCUT2D eigenvalue weighted by atomic mass is 31.2. The molecule has 1 saturated heterocycles. The second kappa shape index (κ2) is 11.8. The van der Waals surface area contributed by atoms with Gasteiger partial charge >= 0.3 is 19.9 Å². The number of esters is 1. The van der Waals surface area contributed by atoms with E-state index in [4.69, 9.17) is 23.3 Å². The molecule has 1 heterocycles. The van der Waals surface area contributed by atoms with Crippen molar-refractivity contribution in [2.45, 2.75) is 39.0 Å². The molecule has 0 spiro atoms. The SMILES string of the molecule is CC(COP(=O)(NC1CCOC1=O)Oc1ccccc1)C(C)OC(=O)OCc1ccccc1. The van der Waals surface area contributed by atoms with E-state index in [1.54, 1.807) is 44.2 Å². The number of hydrogen-bond donors (Lipinski definition) is 1. The van der Waals surface area contributed by atoms with Gasteiger partial charge in [-0.15, -0.1) is 0 Å². The summed E-state index contributed by atoms with van der Waals surface area (Å²) in [5.74, 6) is -0.540. The summed E-state index contributed by atoms with van der Waals surface area (Å²) < 4.78 is 40.0. The number of ether oxygens (including phenoxy) is 3. The summed E-state index contributed by atoms with van der Waals surface area (Å²) in [5, 5.41) is 2.67. The highest BCUT2D eigenvalue weighted by molar-refractivity contribution is 7.52. The largest absolute Gasteiger partial charge is 0.508 e. The molecule has 10 heteroatoms. The maximum atomic E-state index is 13.4. The fourth-order valence-corrected chi connectivity index (χ4v) is 4.51. The van der Waals surface area contributed by atoms with Gasteiger partial charge in [0.25, 0.3) is 0 Å². The molecule has 3 rings (SSSR count). The fraction of sp³-hybridized carbons (Fsp3) is 0.391. The number of para-hydroxylation sites is 1. The summed E-state index contributed by atoms with van der Waals surface area (Å²) in [6, 6.07) is 16.9. The number of cyclic esters (lactones) is 1. The Kier molecular flexibility index (Phi) is 8.88. The van der Waals surface area contributed by atoms with E-state index in [-0.39, 0.29) is 25.7 Å². The van der Waals surface area contributed by atoms with Gasteiger partial charge in [0.05, 0.1) is 13.2 Å². The zero-order valence-corrected chi connectivity index (χ0v) is 19.4. The minimum absolute atomic E-state index is 0.0635. The maximum absolute atomic E-state index is 13.4. The summed E-state index contributed by atoms with van der Waals surface area (Å²) in [6.07, 6.45) is -1.05. The topological polar surface area (TPSA) is 109 Å². The Bertz CT molecular complexity index is 955. The molecule has 9 nitrogen and oxygen atoms in total. The first-order valence-electron chi connectivity index (χ1n) is 10.7. The van der Waals surface area contributed by atoms with Crippen molar-refractivity contribution < 1.29 is 37.4 Å². The molecule has 2 aromatic rings. The van der Waals surface area contributed by atoms with Crippen molar-refractivity contribution >= 4 is 19.9 Å². The number of hydrogen-bond acceptors (Lipinski definition) is 8. The van der Waals surface area contributed by atoms with Crippen molar-refractivity contribution in [1.82, 2.24) is 5.09 Å². The van der Waals surface area contributed by atoms with Crippen LogP contribution < -0.4 is 9.61 Å². The lowest BCUT2D eigenvalue weighted by Crippen LogP contribution is -2.34. The molecular weight excluding hydrogens is 449 g/mol. The Morgan fingerprint density at radius 2 is 1.79 bits per heavy atom. The van der Waals surface area contributed by atoms with Crippen LogP contribution in [-0.2, 0) is 34.7 Å². The normalized spacial score (nSPS) is 19.1. The summed E-state index contributed by atoms with van der Waals surface area (Å²) in [4.78, 5) is 23.9. The zero-order chi connectivity index (χ0) is 23.7. The molecule has 0 amide bonds. The van der Waals surface area contributed by atoms with Crippen LogP contribution in [0.3, 0.4) is 0 Å². The van der Waals surface area contributed by atoms with Crippen molar-refractivity contribution in [3.63, 3.8) is 0 Å². The number of carbonyl (C=O) groups is 2. The summed E-state index contributed by atoms with van der Waals surface area (Å²) in [6.45, 7) is 3.72. The molecule has 0 radical (unpaired) electrons. The second-order valence-electron chi connectivity index (χ2n) is 7.66. The van der Waals surface area contributed by atoms with E-state index in [0.29, 0.717) is 12.2 Å². The van der Waals surface area contributed by atoms with E-state index in [9.17, 15) is 14.2 Å². The third-order valence-electron chi connectivity index (χ3n) is 5.01. The summed E-state index contributed by atoms with van der Waals surface area (Å²) in [7, 11) is -3.93. The second-order valence-corrected chi connectivity index (χ2v) is 9.35. The lowest BCUT2D eigenvalue weighted by Gasteiger charge is -2.25. The third kappa shape index (κ3) is 7.89. The van der Waals surface area contributed by atoms with Crippen LogP contribution in [0.1, 0.15) is 25.8 Å². The first kappa shape index (κ1) is 24.8. The minimum Gasteiger partial charge on any atom is -0.464 e. The molecular formula is C23H28NO8P. The van der Waals surface area contributed by atoms with Crippen molar-refractivity contribution in [3.05, 3.63) is 66.2 Å². The lowest BCUT2D eigenvalue weighted by molar-refractivity contribution is -0.139. The molecule has 1 fully saturated rings. The summed E-state index contributed by atoms with van der Waals surface area (Å²) in [5.41, 5.74) is 0.842. The van der Waals surface area contributed by atoms with Gasteiger partial charge in [0.15, 0.2) is 0 Å². The number of nitrogens with one attached hydrogen (secondary N) is 1. The summed E-state index contributed by atoms with van der Waals surface area (Å²) >= 11 is 0. The molecule has 4 atom stereocenters. The van der Waals surface area contributed by atoms with Gasteiger partial charge in [-0.3, -0.25) is 9.32 Å². The zero-order valence-electron chi connectivity index (χ0n) is 18.5. The molecule has 2 aromatic carbocycles. The van der Waals surface area contributed by atoms with Gasteiger partial charge < -0.3 is 18.7 Å². The first-order chi connectivity index (χ1) is 15.8. The van der Waals surface area contributed by atoms with Crippen LogP contribution in [0, 0.1) is 5.92 Å². The Labute approximate surface area is 192 Å². The van der Waals surface area contributed by atoms with Crippen molar-refractivity contribution in [1.29, 1.82) is 0 Å². The van der Waals surface area contributed by atoms with Crippen LogP contribution in [-0.4, -0.2) is 37.5 Å². The van der Waals surface area contributed by atoms with Gasteiger partial charge in [-0.05, 0) is 24.6 Å². The van der Waals surface area contributed by atoms with Crippen molar-refractivity contribution in [2.75, 3.05) is 13.2 Å². The standard InChI is InChI=1S/C23H28NO8P/c1-17(18(2)31-23(26)29-16-19-9-5-3-6-10-19)15-30-33(27,24-21-13-14-28-22(21)25)32-20-11-7-4-8-12-20/h3-12,17-18,21H,13-16H2,1-2H3,(H,24,27). The van der Waals surface area contributed by atoms with Gasteiger partial charge in [0.2, 0.25) is 0 Å². The molecule has 0 bridgehead atoms. The van der Waals surface area contributed by atoms with E-state index in [1.807, 2.05) is 30.3 Å². The van der Waals surface area contributed by atoms with Gasteiger partial charge in [-0.1, -0.05) is 55.5 Å². The van der Waals surface area contributed by atoms with Crippen LogP contribution in [0.2, 0.25) is 0 Å². The Morgan fingerprint density at radius 3 is 2.42 bits per heavy atom. The molecule has 178 valence electrons. The minimum atomic E-state index is -3.93. The highest BCUT2D eigenvalue weighted by Crippen LogP contribution is 2.46. The smallest absolute Gasteiger partial charge is 0.464 e. The maximum Gasteiger partial charge on any atom is 0.508 e. The molecule has 0 saturated carbocycles. The molecule has 33 heavy (non-hydrogen) atoms. The van der Waals surface area contributed by atoms with E-state index < -0.39 is 32.0 Å². The van der Waals surface area contributed by atoms with Crippen LogP contribution >= 0.6 is 7.75 Å². The molecule has 1 aliphatic heterocycles. The monoisotopic (exact) mass is 477 g/mol. The molecule has 1 aliphatic rings. The van der Waals surface area contributed by atoms with Crippen molar-refractivity contribution in [2.24, 2.45) is 5.92 Å². The molecule has 4 unspecified atom stereocenters. The fourth-order valence-electron chi connectivity index (χ4n) is 2.88.